The molecule has 0 radical (unpaired) electrons. The number of carbonyl (C=O) groups excluding carboxylic acids is 1. The predicted octanol–water partition coefficient (Wildman–Crippen LogP) is 3.42. The molecule has 0 aromatic heterocycles. The Bertz CT molecular complexity index is 424. The summed E-state index contributed by atoms with van der Waals surface area (Å²) in [6, 6.07) is 5.03. The Morgan fingerprint density at radius 2 is 1.83 bits per heavy atom. The van der Waals surface area contributed by atoms with Gasteiger partial charge in [-0.25, -0.2) is 0 Å². The van der Waals surface area contributed by atoms with Gasteiger partial charge in [0.2, 0.25) is 5.91 Å². The summed E-state index contributed by atoms with van der Waals surface area (Å²) >= 11 is 12.1. The molecule has 0 saturated carbocycles. The third kappa shape index (κ3) is 2.97. The van der Waals surface area contributed by atoms with Crippen molar-refractivity contribution in [2.75, 3.05) is 18.4 Å². The van der Waals surface area contributed by atoms with Crippen LogP contribution in [0, 0.1) is 0 Å². The maximum Gasteiger partial charge on any atom is 0.241 e. The lowest BCUT2D eigenvalue weighted by Crippen LogP contribution is -2.40. The van der Waals surface area contributed by atoms with Crippen LogP contribution < -0.4 is 5.32 Å². The van der Waals surface area contributed by atoms with Crippen LogP contribution in [0.25, 0.3) is 0 Å². The molecular weight excluding hydrogens is 271 g/mol. The molecule has 98 valence electrons. The van der Waals surface area contributed by atoms with E-state index in [0.29, 0.717) is 15.7 Å². The molecule has 1 amide bonds. The van der Waals surface area contributed by atoms with E-state index < -0.39 is 0 Å². The predicted molar refractivity (Wildman–Crippen MR) is 75.4 cm³/mol. The van der Waals surface area contributed by atoms with Gasteiger partial charge >= 0.3 is 0 Å². The molecule has 2 rings (SSSR count). The van der Waals surface area contributed by atoms with Crippen LogP contribution in [-0.4, -0.2) is 29.9 Å². The molecule has 0 spiro atoms. The van der Waals surface area contributed by atoms with Crippen molar-refractivity contribution in [2.24, 2.45) is 0 Å². The number of hydrogen-bond acceptors (Lipinski definition) is 2. The first-order chi connectivity index (χ1) is 8.59. The first-order valence-corrected chi connectivity index (χ1v) is 6.84. The van der Waals surface area contributed by atoms with E-state index in [2.05, 4.69) is 10.2 Å². The van der Waals surface area contributed by atoms with Gasteiger partial charge in [0.05, 0.1) is 21.8 Å². The molecule has 0 unspecified atom stereocenters. The van der Waals surface area contributed by atoms with Gasteiger partial charge in [-0.15, -0.1) is 0 Å². The highest BCUT2D eigenvalue weighted by Crippen LogP contribution is 2.30. The second-order valence-electron chi connectivity index (χ2n) is 4.50. The zero-order chi connectivity index (χ0) is 13.1. The van der Waals surface area contributed by atoms with Crippen molar-refractivity contribution >= 4 is 34.8 Å². The summed E-state index contributed by atoms with van der Waals surface area (Å²) in [6.07, 6.45) is 2.31. The Hall–Kier alpha value is -0.770. The van der Waals surface area contributed by atoms with Crippen LogP contribution in [0.15, 0.2) is 18.2 Å². The number of benzene rings is 1. The van der Waals surface area contributed by atoms with Gasteiger partial charge in [0.15, 0.2) is 0 Å². The molecule has 1 aliphatic rings. The van der Waals surface area contributed by atoms with E-state index in [1.807, 2.05) is 6.92 Å². The van der Waals surface area contributed by atoms with E-state index in [9.17, 15) is 4.79 Å². The molecule has 5 heteroatoms. The number of halogens is 2. The quantitative estimate of drug-likeness (QED) is 0.924. The van der Waals surface area contributed by atoms with E-state index in [1.54, 1.807) is 18.2 Å². The standard InChI is InChI=1S/C13H16Cl2N2O/c1-9(17-7-2-3-8-17)13(18)16-12-10(14)5-4-6-11(12)15/h4-6,9H,2-3,7-8H2,1H3,(H,16,18)/t9-/m1/s1. The summed E-state index contributed by atoms with van der Waals surface area (Å²) in [5.74, 6) is -0.0631. The minimum absolute atomic E-state index is 0.0631. The van der Waals surface area contributed by atoms with Crippen LogP contribution in [0.4, 0.5) is 5.69 Å². The molecular formula is C13H16Cl2N2O. The van der Waals surface area contributed by atoms with Crippen LogP contribution >= 0.6 is 23.2 Å². The summed E-state index contributed by atoms with van der Waals surface area (Å²) in [5.41, 5.74) is 0.497. The largest absolute Gasteiger partial charge is 0.322 e. The Labute approximate surface area is 117 Å². The van der Waals surface area contributed by atoms with E-state index >= 15 is 0 Å². The molecule has 3 nitrogen and oxygen atoms in total. The Morgan fingerprint density at radius 1 is 1.28 bits per heavy atom. The van der Waals surface area contributed by atoms with Crippen LogP contribution in [0.1, 0.15) is 19.8 Å². The van der Waals surface area contributed by atoms with Gasteiger partial charge in [-0.1, -0.05) is 29.3 Å². The SMILES string of the molecule is C[C@H](C(=O)Nc1c(Cl)cccc1Cl)N1CCCC1. The number of hydrogen-bond donors (Lipinski definition) is 1. The smallest absolute Gasteiger partial charge is 0.241 e. The number of carbonyl (C=O) groups is 1. The van der Waals surface area contributed by atoms with Crippen molar-refractivity contribution in [3.63, 3.8) is 0 Å². The van der Waals surface area contributed by atoms with Crippen molar-refractivity contribution in [2.45, 2.75) is 25.8 Å². The van der Waals surface area contributed by atoms with E-state index in [0.717, 1.165) is 25.9 Å². The maximum atomic E-state index is 12.1. The van der Waals surface area contributed by atoms with Crippen LogP contribution in [-0.2, 0) is 4.79 Å². The third-order valence-corrected chi connectivity index (χ3v) is 3.91. The lowest BCUT2D eigenvalue weighted by Gasteiger charge is -2.23. The van der Waals surface area contributed by atoms with E-state index in [-0.39, 0.29) is 11.9 Å². The summed E-state index contributed by atoms with van der Waals surface area (Å²) in [7, 11) is 0. The Kier molecular flexibility index (Phi) is 4.49. The zero-order valence-electron chi connectivity index (χ0n) is 10.2. The van der Waals surface area contributed by atoms with Crippen molar-refractivity contribution in [1.82, 2.24) is 4.90 Å². The molecule has 1 fully saturated rings. The topological polar surface area (TPSA) is 32.3 Å². The molecule has 0 bridgehead atoms. The van der Waals surface area contributed by atoms with E-state index in [1.165, 1.54) is 0 Å². The summed E-state index contributed by atoms with van der Waals surface area (Å²) in [4.78, 5) is 14.3. The van der Waals surface area contributed by atoms with Crippen LogP contribution in [0.3, 0.4) is 0 Å². The fraction of sp³-hybridized carbons (Fsp3) is 0.462. The maximum absolute atomic E-state index is 12.1. The van der Waals surface area contributed by atoms with Crippen LogP contribution in [0.2, 0.25) is 10.0 Å². The molecule has 1 N–H and O–H groups in total. The molecule has 1 aromatic rings. The lowest BCUT2D eigenvalue weighted by molar-refractivity contribution is -0.120. The fourth-order valence-corrected chi connectivity index (χ4v) is 2.63. The molecule has 1 heterocycles. The van der Waals surface area contributed by atoms with Crippen molar-refractivity contribution in [1.29, 1.82) is 0 Å². The summed E-state index contributed by atoms with van der Waals surface area (Å²) < 4.78 is 0. The molecule has 1 atom stereocenters. The normalized spacial score (nSPS) is 17.7. The van der Waals surface area contributed by atoms with Gasteiger partial charge in [-0.2, -0.15) is 0 Å². The lowest BCUT2D eigenvalue weighted by atomic mass is 10.2. The molecule has 0 aliphatic carbocycles. The van der Waals surface area contributed by atoms with Gasteiger partial charge < -0.3 is 5.32 Å². The number of para-hydroxylation sites is 1. The Morgan fingerprint density at radius 3 is 2.39 bits per heavy atom. The third-order valence-electron chi connectivity index (χ3n) is 3.28. The monoisotopic (exact) mass is 286 g/mol. The van der Waals surface area contributed by atoms with Crippen molar-refractivity contribution < 1.29 is 4.79 Å². The first kappa shape index (κ1) is 13.7. The van der Waals surface area contributed by atoms with Gasteiger partial charge in [0.25, 0.3) is 0 Å². The zero-order valence-corrected chi connectivity index (χ0v) is 11.8. The second kappa shape index (κ2) is 5.91. The molecule has 1 saturated heterocycles. The number of rotatable bonds is 3. The summed E-state index contributed by atoms with van der Waals surface area (Å²) in [5, 5.41) is 3.74. The van der Waals surface area contributed by atoms with Crippen molar-refractivity contribution in [3.8, 4) is 0 Å². The molecule has 18 heavy (non-hydrogen) atoms. The van der Waals surface area contributed by atoms with Gasteiger partial charge in [0.1, 0.15) is 0 Å². The van der Waals surface area contributed by atoms with Gasteiger partial charge in [-0.3, -0.25) is 9.69 Å². The number of amides is 1. The van der Waals surface area contributed by atoms with Crippen LogP contribution in [0.5, 0.6) is 0 Å². The average molecular weight is 287 g/mol. The second-order valence-corrected chi connectivity index (χ2v) is 5.32. The minimum atomic E-state index is -0.153. The number of nitrogens with zero attached hydrogens (tertiary/aromatic N) is 1. The highest BCUT2D eigenvalue weighted by molar-refractivity contribution is 6.39. The average Bonchev–Trinajstić information content (AvgIpc) is 2.86. The molecule has 1 aromatic carbocycles. The number of nitrogens with one attached hydrogen (secondary N) is 1. The number of anilines is 1. The first-order valence-electron chi connectivity index (χ1n) is 6.08. The number of likely N-dealkylation sites (tertiary alicyclic amines) is 1. The highest BCUT2D eigenvalue weighted by atomic mass is 35.5. The van der Waals surface area contributed by atoms with Gasteiger partial charge in [0, 0.05) is 0 Å². The minimum Gasteiger partial charge on any atom is -0.322 e. The van der Waals surface area contributed by atoms with E-state index in [4.69, 9.17) is 23.2 Å². The fourth-order valence-electron chi connectivity index (χ4n) is 2.14. The van der Waals surface area contributed by atoms with Gasteiger partial charge in [-0.05, 0) is 45.0 Å². The highest BCUT2D eigenvalue weighted by Gasteiger charge is 2.24. The Balaban J connectivity index is 2.06. The van der Waals surface area contributed by atoms with Crippen molar-refractivity contribution in [3.05, 3.63) is 28.2 Å². The molecule has 1 aliphatic heterocycles. The summed E-state index contributed by atoms with van der Waals surface area (Å²) in [6.45, 7) is 3.86.